The molecule has 1 aliphatic carbocycles. The van der Waals surface area contributed by atoms with E-state index < -0.39 is 17.1 Å². The highest BCUT2D eigenvalue weighted by molar-refractivity contribution is 7.22. The number of pyridine rings is 1. The lowest BCUT2D eigenvalue weighted by Crippen LogP contribution is -2.35. The number of nitrogens with zero attached hydrogens (tertiary/aromatic N) is 4. The Kier molecular flexibility index (Phi) is 8.05. The third kappa shape index (κ3) is 6.35. The first-order valence-electron chi connectivity index (χ1n) is 14.3. The van der Waals surface area contributed by atoms with Crippen LogP contribution >= 0.6 is 11.3 Å². The molecule has 2 N–H and O–H groups in total. The molecule has 0 saturated heterocycles. The van der Waals surface area contributed by atoms with Crippen molar-refractivity contribution in [3.8, 4) is 10.6 Å². The maximum absolute atomic E-state index is 15.2. The smallest absolute Gasteiger partial charge is 0.240 e. The molecule has 0 atom stereocenters. The lowest BCUT2D eigenvalue weighted by molar-refractivity contribution is -0.131. The first kappa shape index (κ1) is 28.7. The van der Waals surface area contributed by atoms with Gasteiger partial charge in [-0.15, -0.1) is 11.3 Å². The van der Waals surface area contributed by atoms with Crippen molar-refractivity contribution in [2.24, 2.45) is 5.41 Å². The van der Waals surface area contributed by atoms with Gasteiger partial charge in [-0.2, -0.15) is 0 Å². The highest BCUT2D eigenvalue weighted by Crippen LogP contribution is 2.47. The van der Waals surface area contributed by atoms with Gasteiger partial charge in [0.05, 0.1) is 27.1 Å². The number of para-hydroxylation sites is 1. The van der Waals surface area contributed by atoms with Crippen LogP contribution in [-0.4, -0.2) is 51.9 Å². The Morgan fingerprint density at radius 2 is 1.70 bits per heavy atom. The number of thiophene rings is 1. The van der Waals surface area contributed by atoms with Crippen molar-refractivity contribution in [2.75, 3.05) is 31.3 Å². The van der Waals surface area contributed by atoms with Crippen molar-refractivity contribution in [2.45, 2.75) is 32.2 Å². The first-order chi connectivity index (χ1) is 20.8. The van der Waals surface area contributed by atoms with Gasteiger partial charge in [0.25, 0.3) is 0 Å². The molecule has 2 amide bonds. The molecule has 1 aliphatic rings. The Morgan fingerprint density at radius 1 is 0.953 bits per heavy atom. The second-order valence-electron chi connectivity index (χ2n) is 11.3. The monoisotopic (exact) mass is 596 g/mol. The molecule has 0 unspecified atom stereocenters. The van der Waals surface area contributed by atoms with E-state index in [1.54, 1.807) is 41.8 Å². The van der Waals surface area contributed by atoms with E-state index in [1.807, 2.05) is 44.7 Å². The summed E-state index contributed by atoms with van der Waals surface area (Å²) in [6.45, 7) is 1.80. The zero-order chi connectivity index (χ0) is 30.0. The van der Waals surface area contributed by atoms with E-state index >= 15 is 4.39 Å². The molecule has 3 aromatic heterocycles. The van der Waals surface area contributed by atoms with E-state index in [0.29, 0.717) is 42.6 Å². The fourth-order valence-electron chi connectivity index (χ4n) is 5.04. The minimum Gasteiger partial charge on any atom is -0.336 e. The van der Waals surface area contributed by atoms with E-state index in [9.17, 15) is 9.59 Å². The molecule has 10 heteroatoms. The Labute approximate surface area is 253 Å². The number of halogens is 1. The number of rotatable bonds is 11. The molecule has 3 heterocycles. The summed E-state index contributed by atoms with van der Waals surface area (Å²) in [6.07, 6.45) is 7.76. The highest BCUT2D eigenvalue weighted by Gasteiger charge is 2.56. The second kappa shape index (κ2) is 12.1. The van der Waals surface area contributed by atoms with Gasteiger partial charge in [0.1, 0.15) is 11.2 Å². The molecule has 0 aliphatic heterocycles. The Morgan fingerprint density at radius 3 is 2.42 bits per heavy atom. The van der Waals surface area contributed by atoms with E-state index in [1.165, 1.54) is 6.07 Å². The van der Waals surface area contributed by atoms with Crippen LogP contribution in [0.25, 0.3) is 20.8 Å². The fourth-order valence-corrected chi connectivity index (χ4v) is 6.16. The molecule has 1 saturated carbocycles. The maximum atomic E-state index is 15.2. The van der Waals surface area contributed by atoms with E-state index in [4.69, 9.17) is 0 Å². The number of carbonyl (C=O) groups is 2. The van der Waals surface area contributed by atoms with Crippen molar-refractivity contribution in [3.63, 3.8) is 0 Å². The van der Waals surface area contributed by atoms with Gasteiger partial charge in [0, 0.05) is 36.9 Å². The molecule has 5 aromatic rings. The predicted octanol–water partition coefficient (Wildman–Crippen LogP) is 6.00. The third-order valence-corrected chi connectivity index (χ3v) is 9.03. The standard InChI is InChI=1S/C33H33FN6O2S/c1-39(2)16-17-40-20-28(36-21-40)29-19-27-30(43-29)23(12-15-35-27)9-8-22-10-11-25(18-26(22)34)38-32(42)33(13-14-33)31(41)37-24-6-4-3-5-7-24/h3-7,10-12,15,18-21H,8-9,13-14,16-17H2,1-2H3,(H,37,41)(H,38,42). The molecule has 43 heavy (non-hydrogen) atoms. The summed E-state index contributed by atoms with van der Waals surface area (Å²) in [6, 6.07) is 17.8. The number of aromatic nitrogens is 3. The molecule has 0 bridgehead atoms. The van der Waals surface area contributed by atoms with Crippen molar-refractivity contribution < 1.29 is 14.0 Å². The van der Waals surface area contributed by atoms with Gasteiger partial charge in [-0.1, -0.05) is 24.3 Å². The highest BCUT2D eigenvalue weighted by atomic mass is 32.1. The van der Waals surface area contributed by atoms with Gasteiger partial charge in [0.15, 0.2) is 0 Å². The number of anilines is 2. The summed E-state index contributed by atoms with van der Waals surface area (Å²) in [7, 11) is 4.10. The van der Waals surface area contributed by atoms with E-state index in [0.717, 1.165) is 39.4 Å². The van der Waals surface area contributed by atoms with Gasteiger partial charge in [-0.05, 0) is 87.3 Å². The molecular weight excluding hydrogens is 563 g/mol. The number of aryl methyl sites for hydroxylation is 2. The van der Waals surface area contributed by atoms with Crippen LogP contribution in [0.2, 0.25) is 0 Å². The van der Waals surface area contributed by atoms with Crippen LogP contribution in [0.4, 0.5) is 15.8 Å². The van der Waals surface area contributed by atoms with Crippen LogP contribution in [-0.2, 0) is 29.0 Å². The van der Waals surface area contributed by atoms with Crippen molar-refractivity contribution in [1.82, 2.24) is 19.4 Å². The Hall–Kier alpha value is -4.41. The average molecular weight is 597 g/mol. The van der Waals surface area contributed by atoms with Crippen LogP contribution in [0, 0.1) is 11.2 Å². The van der Waals surface area contributed by atoms with Crippen LogP contribution in [0.5, 0.6) is 0 Å². The maximum Gasteiger partial charge on any atom is 0.240 e. The second-order valence-corrected chi connectivity index (χ2v) is 12.3. The van der Waals surface area contributed by atoms with Crippen LogP contribution in [0.1, 0.15) is 24.0 Å². The lowest BCUT2D eigenvalue weighted by atomic mass is 10.0. The number of hydrogen-bond donors (Lipinski definition) is 2. The zero-order valence-electron chi connectivity index (χ0n) is 24.1. The largest absolute Gasteiger partial charge is 0.336 e. The van der Waals surface area contributed by atoms with Gasteiger partial charge < -0.3 is 20.1 Å². The molecular formula is C33H33FN6O2S. The van der Waals surface area contributed by atoms with Gasteiger partial charge in [-0.25, -0.2) is 9.37 Å². The third-order valence-electron chi connectivity index (χ3n) is 7.81. The predicted molar refractivity (Wildman–Crippen MR) is 169 cm³/mol. The number of fused-ring (bicyclic) bond motifs is 1. The molecule has 0 radical (unpaired) electrons. The number of likely N-dealkylation sites (N-methyl/N-ethyl adjacent to an activating group) is 1. The minimum absolute atomic E-state index is 0.337. The van der Waals surface area contributed by atoms with Crippen LogP contribution in [0.3, 0.4) is 0 Å². The van der Waals surface area contributed by atoms with Crippen molar-refractivity contribution in [1.29, 1.82) is 0 Å². The average Bonchev–Trinajstić information content (AvgIpc) is 3.48. The number of benzene rings is 2. The van der Waals surface area contributed by atoms with Gasteiger partial charge >= 0.3 is 0 Å². The number of hydrogen-bond acceptors (Lipinski definition) is 6. The summed E-state index contributed by atoms with van der Waals surface area (Å²) in [4.78, 5) is 38.2. The summed E-state index contributed by atoms with van der Waals surface area (Å²) in [5.74, 6) is -1.15. The first-order valence-corrected chi connectivity index (χ1v) is 15.1. The summed E-state index contributed by atoms with van der Waals surface area (Å²) in [5, 5.41) is 5.57. The fraction of sp³-hybridized carbons (Fsp3) is 0.273. The Bertz CT molecular complexity index is 1780. The van der Waals surface area contributed by atoms with Crippen LogP contribution < -0.4 is 10.6 Å². The lowest BCUT2D eigenvalue weighted by Gasteiger charge is -2.16. The molecule has 0 spiro atoms. The molecule has 1 fully saturated rings. The Balaban J connectivity index is 1.10. The van der Waals surface area contributed by atoms with Gasteiger partial charge in [-0.3, -0.25) is 14.6 Å². The van der Waals surface area contributed by atoms with E-state index in [-0.39, 0.29) is 5.91 Å². The number of amides is 2. The number of carbonyl (C=O) groups excluding carboxylic acids is 2. The van der Waals surface area contributed by atoms with Crippen molar-refractivity contribution in [3.05, 3.63) is 96.3 Å². The quantitative estimate of drug-likeness (QED) is 0.183. The topological polar surface area (TPSA) is 92.2 Å². The SMILES string of the molecule is CN(C)CCn1cnc(-c2cc3nccc(CCc4ccc(NC(=O)C5(C(=O)Nc6ccccc6)CC5)cc4F)c3s2)c1. The number of nitrogens with one attached hydrogen (secondary N) is 2. The van der Waals surface area contributed by atoms with E-state index in [2.05, 4.69) is 42.3 Å². The van der Waals surface area contributed by atoms with Crippen molar-refractivity contribution >= 4 is 44.7 Å². The summed E-state index contributed by atoms with van der Waals surface area (Å²) in [5.41, 5.74) is 3.34. The number of imidazole rings is 1. The zero-order valence-corrected chi connectivity index (χ0v) is 25.0. The molecule has 220 valence electrons. The molecule has 2 aromatic carbocycles. The van der Waals surface area contributed by atoms with Crippen LogP contribution in [0.15, 0.2) is 79.4 Å². The molecule has 6 rings (SSSR count). The van der Waals surface area contributed by atoms with Gasteiger partial charge in [0.2, 0.25) is 11.8 Å². The summed E-state index contributed by atoms with van der Waals surface area (Å²) >= 11 is 1.65. The normalized spacial score (nSPS) is 13.8. The minimum atomic E-state index is -1.12. The molecule has 8 nitrogen and oxygen atoms in total. The summed E-state index contributed by atoms with van der Waals surface area (Å²) < 4.78 is 18.3.